The number of esters is 1. The van der Waals surface area contributed by atoms with Crippen LogP contribution in [0.4, 0.5) is 5.69 Å². The summed E-state index contributed by atoms with van der Waals surface area (Å²) in [5.74, 6) is 1.000. The molecule has 0 atom stereocenters. The van der Waals surface area contributed by atoms with Gasteiger partial charge in [0.15, 0.2) is 12.4 Å². The Bertz CT molecular complexity index is 568. The Morgan fingerprint density at radius 2 is 2.22 bits per heavy atom. The quantitative estimate of drug-likeness (QED) is 0.850. The monoisotopic (exact) mass is 266 g/mol. The number of nitrogen functional groups attached to an aromatic ring is 1. The smallest absolute Gasteiger partial charge is 0.348 e. The van der Waals surface area contributed by atoms with Crippen LogP contribution in [0.25, 0.3) is 0 Å². The first-order valence-corrected chi connectivity index (χ1v) is 6.18. The third-order valence-electron chi connectivity index (χ3n) is 2.67. The van der Waals surface area contributed by atoms with Crippen molar-refractivity contribution in [1.29, 1.82) is 0 Å². The van der Waals surface area contributed by atoms with E-state index in [-0.39, 0.29) is 12.6 Å². The number of rotatable bonds is 3. The van der Waals surface area contributed by atoms with Gasteiger partial charge in [-0.15, -0.1) is 21.5 Å². The Kier molecular flexibility index (Phi) is 3.33. The van der Waals surface area contributed by atoms with E-state index in [9.17, 15) is 4.79 Å². The molecule has 0 fully saturated rings. The topological polar surface area (TPSA) is 83.0 Å². The highest BCUT2D eigenvalue weighted by Crippen LogP contribution is 2.24. The Morgan fingerprint density at radius 3 is 2.72 bits per heavy atom. The SMILES string of the molecule is Cc1sc(C(=O)OCc2nnc(C)n2C)cc1N. The van der Waals surface area contributed by atoms with E-state index in [1.165, 1.54) is 11.3 Å². The van der Waals surface area contributed by atoms with Gasteiger partial charge in [0.2, 0.25) is 0 Å². The van der Waals surface area contributed by atoms with Crippen LogP contribution in [0.3, 0.4) is 0 Å². The molecule has 0 spiro atoms. The number of thiophene rings is 1. The molecule has 2 heterocycles. The molecule has 2 aromatic heterocycles. The van der Waals surface area contributed by atoms with Crippen LogP contribution in [0.5, 0.6) is 0 Å². The van der Waals surface area contributed by atoms with Crippen molar-refractivity contribution < 1.29 is 9.53 Å². The van der Waals surface area contributed by atoms with Crippen LogP contribution in [0.15, 0.2) is 6.07 Å². The van der Waals surface area contributed by atoms with Crippen LogP contribution in [0.2, 0.25) is 0 Å². The molecule has 0 bridgehead atoms. The normalized spacial score (nSPS) is 10.6. The second kappa shape index (κ2) is 4.77. The number of ether oxygens (including phenoxy) is 1. The molecular formula is C11H14N4O2S. The van der Waals surface area contributed by atoms with E-state index >= 15 is 0 Å². The van der Waals surface area contributed by atoms with E-state index in [0.717, 1.165) is 10.7 Å². The van der Waals surface area contributed by atoms with Gasteiger partial charge >= 0.3 is 5.97 Å². The lowest BCUT2D eigenvalue weighted by molar-refractivity contribution is 0.0464. The van der Waals surface area contributed by atoms with Gasteiger partial charge < -0.3 is 15.0 Å². The molecule has 0 saturated heterocycles. The molecule has 0 aliphatic heterocycles. The molecule has 2 aromatic rings. The summed E-state index contributed by atoms with van der Waals surface area (Å²) in [5, 5.41) is 7.81. The summed E-state index contributed by atoms with van der Waals surface area (Å²) in [7, 11) is 1.83. The van der Waals surface area contributed by atoms with E-state index in [4.69, 9.17) is 10.5 Å². The number of aromatic nitrogens is 3. The fraction of sp³-hybridized carbons (Fsp3) is 0.364. The van der Waals surface area contributed by atoms with Gasteiger partial charge in [0, 0.05) is 17.6 Å². The lowest BCUT2D eigenvalue weighted by atomic mass is 10.4. The number of anilines is 1. The molecule has 6 nitrogen and oxygen atoms in total. The van der Waals surface area contributed by atoms with Crippen molar-refractivity contribution in [2.75, 3.05) is 5.73 Å². The molecule has 18 heavy (non-hydrogen) atoms. The van der Waals surface area contributed by atoms with Crippen molar-refractivity contribution in [3.05, 3.63) is 27.5 Å². The second-order valence-corrected chi connectivity index (χ2v) is 5.18. The van der Waals surface area contributed by atoms with Crippen LogP contribution in [-0.2, 0) is 18.4 Å². The predicted molar refractivity (Wildman–Crippen MR) is 68.3 cm³/mol. The molecule has 7 heteroatoms. The third-order valence-corrected chi connectivity index (χ3v) is 3.72. The highest BCUT2D eigenvalue weighted by atomic mass is 32.1. The summed E-state index contributed by atoms with van der Waals surface area (Å²) in [6, 6.07) is 1.63. The van der Waals surface area contributed by atoms with E-state index in [0.29, 0.717) is 16.4 Å². The van der Waals surface area contributed by atoms with Gasteiger partial charge in [0.1, 0.15) is 10.7 Å². The highest BCUT2D eigenvalue weighted by molar-refractivity contribution is 7.14. The van der Waals surface area contributed by atoms with Crippen LogP contribution >= 0.6 is 11.3 Å². The molecular weight excluding hydrogens is 252 g/mol. The first kappa shape index (κ1) is 12.6. The van der Waals surface area contributed by atoms with Gasteiger partial charge in [-0.1, -0.05) is 0 Å². The number of aryl methyl sites for hydroxylation is 2. The van der Waals surface area contributed by atoms with E-state index in [1.807, 2.05) is 20.9 Å². The van der Waals surface area contributed by atoms with Gasteiger partial charge in [0.05, 0.1) is 0 Å². The molecule has 0 amide bonds. The lowest BCUT2D eigenvalue weighted by Crippen LogP contribution is -2.07. The molecule has 2 N–H and O–H groups in total. The zero-order valence-electron chi connectivity index (χ0n) is 10.4. The van der Waals surface area contributed by atoms with Gasteiger partial charge in [-0.2, -0.15) is 0 Å². The zero-order valence-corrected chi connectivity index (χ0v) is 11.2. The van der Waals surface area contributed by atoms with Crippen LogP contribution < -0.4 is 5.73 Å². The minimum atomic E-state index is -0.388. The molecule has 0 aromatic carbocycles. The minimum absolute atomic E-state index is 0.104. The fourth-order valence-electron chi connectivity index (χ4n) is 1.37. The van der Waals surface area contributed by atoms with E-state index < -0.39 is 0 Å². The first-order valence-electron chi connectivity index (χ1n) is 5.37. The molecule has 2 rings (SSSR count). The lowest BCUT2D eigenvalue weighted by Gasteiger charge is -2.02. The fourth-order valence-corrected chi connectivity index (χ4v) is 2.21. The van der Waals surface area contributed by atoms with E-state index in [1.54, 1.807) is 10.6 Å². The first-order chi connectivity index (χ1) is 8.49. The van der Waals surface area contributed by atoms with Crippen molar-refractivity contribution in [2.45, 2.75) is 20.5 Å². The number of nitrogens with two attached hydrogens (primary N) is 1. The van der Waals surface area contributed by atoms with Gasteiger partial charge in [-0.3, -0.25) is 0 Å². The summed E-state index contributed by atoms with van der Waals surface area (Å²) in [6.45, 7) is 3.80. The Labute approximate surface area is 108 Å². The maximum atomic E-state index is 11.8. The Hall–Kier alpha value is -1.89. The van der Waals surface area contributed by atoms with Crippen LogP contribution in [-0.4, -0.2) is 20.7 Å². The number of carbonyl (C=O) groups excluding carboxylic acids is 1. The summed E-state index contributed by atoms with van der Waals surface area (Å²) < 4.78 is 6.95. The van der Waals surface area contributed by atoms with Crippen molar-refractivity contribution >= 4 is 23.0 Å². The molecule has 0 aliphatic carbocycles. The summed E-state index contributed by atoms with van der Waals surface area (Å²) >= 11 is 1.32. The number of nitrogens with zero attached hydrogens (tertiary/aromatic N) is 3. The highest BCUT2D eigenvalue weighted by Gasteiger charge is 2.14. The van der Waals surface area contributed by atoms with Crippen molar-refractivity contribution in [3.8, 4) is 0 Å². The van der Waals surface area contributed by atoms with E-state index in [2.05, 4.69) is 10.2 Å². The average Bonchev–Trinajstić information content (AvgIpc) is 2.83. The van der Waals surface area contributed by atoms with Crippen LogP contribution in [0, 0.1) is 13.8 Å². The second-order valence-electron chi connectivity index (χ2n) is 3.92. The number of carbonyl (C=O) groups is 1. The Balaban J connectivity index is 2.02. The maximum Gasteiger partial charge on any atom is 0.348 e. The van der Waals surface area contributed by atoms with Crippen LogP contribution in [0.1, 0.15) is 26.2 Å². The van der Waals surface area contributed by atoms with Crippen molar-refractivity contribution in [1.82, 2.24) is 14.8 Å². The minimum Gasteiger partial charge on any atom is -0.453 e. The van der Waals surface area contributed by atoms with Gasteiger partial charge in [-0.25, -0.2) is 4.79 Å². The average molecular weight is 266 g/mol. The third kappa shape index (κ3) is 2.35. The summed E-state index contributed by atoms with van der Waals surface area (Å²) in [4.78, 5) is 13.2. The largest absolute Gasteiger partial charge is 0.453 e. The van der Waals surface area contributed by atoms with Gasteiger partial charge in [0.25, 0.3) is 0 Å². The maximum absolute atomic E-state index is 11.8. The molecule has 0 radical (unpaired) electrons. The summed E-state index contributed by atoms with van der Waals surface area (Å²) in [5.41, 5.74) is 6.30. The van der Waals surface area contributed by atoms with Crippen molar-refractivity contribution in [3.63, 3.8) is 0 Å². The van der Waals surface area contributed by atoms with Gasteiger partial charge in [-0.05, 0) is 19.9 Å². The standard InChI is InChI=1S/C11H14N4O2S/c1-6-8(12)4-9(18-6)11(16)17-5-10-14-13-7(2)15(10)3/h4H,5,12H2,1-3H3. The number of hydrogen-bond acceptors (Lipinski definition) is 6. The van der Waals surface area contributed by atoms with Crippen molar-refractivity contribution in [2.24, 2.45) is 7.05 Å². The zero-order chi connectivity index (χ0) is 13.3. The molecule has 96 valence electrons. The molecule has 0 unspecified atom stereocenters. The molecule has 0 saturated carbocycles. The Morgan fingerprint density at radius 1 is 1.50 bits per heavy atom. The summed E-state index contributed by atoms with van der Waals surface area (Å²) in [6.07, 6.45) is 0. The number of hydrogen-bond donors (Lipinski definition) is 1. The molecule has 0 aliphatic rings. The predicted octanol–water partition coefficient (Wildman–Crippen LogP) is 1.43.